The first kappa shape index (κ1) is 18.4. The lowest BCUT2D eigenvalue weighted by Crippen LogP contribution is -2.35. The van der Waals surface area contributed by atoms with E-state index in [4.69, 9.17) is 4.74 Å². The number of carbonyl (C=O) groups excluding carboxylic acids is 1. The maximum absolute atomic E-state index is 12.5. The van der Waals surface area contributed by atoms with Crippen LogP contribution in [0, 0.1) is 0 Å². The number of sulfonamides is 1. The summed E-state index contributed by atoms with van der Waals surface area (Å²) < 4.78 is 31.5. The summed E-state index contributed by atoms with van der Waals surface area (Å²) in [5, 5.41) is 2.65. The third-order valence-electron chi connectivity index (χ3n) is 3.26. The van der Waals surface area contributed by atoms with Crippen molar-refractivity contribution in [1.82, 2.24) is 4.31 Å². The van der Waals surface area contributed by atoms with Crippen LogP contribution in [0.4, 0.5) is 5.69 Å². The Kier molecular flexibility index (Phi) is 5.98. The topological polar surface area (TPSA) is 75.7 Å². The van der Waals surface area contributed by atoms with Crippen molar-refractivity contribution in [2.24, 2.45) is 0 Å². The van der Waals surface area contributed by atoms with Crippen LogP contribution in [0.3, 0.4) is 0 Å². The molecule has 2 aromatic carbocycles. The molecule has 0 aromatic heterocycles. The van der Waals surface area contributed by atoms with Gasteiger partial charge in [0.15, 0.2) is 0 Å². The molecule has 6 nitrogen and oxygen atoms in total. The van der Waals surface area contributed by atoms with Crippen molar-refractivity contribution in [3.63, 3.8) is 0 Å². The van der Waals surface area contributed by atoms with Crippen LogP contribution >= 0.6 is 15.9 Å². The van der Waals surface area contributed by atoms with Gasteiger partial charge in [0.05, 0.1) is 18.6 Å². The third kappa shape index (κ3) is 4.34. The quantitative estimate of drug-likeness (QED) is 0.790. The molecule has 0 unspecified atom stereocenters. The number of halogens is 1. The van der Waals surface area contributed by atoms with Crippen molar-refractivity contribution in [2.45, 2.75) is 4.90 Å². The van der Waals surface area contributed by atoms with Gasteiger partial charge in [0.25, 0.3) is 0 Å². The summed E-state index contributed by atoms with van der Waals surface area (Å²) in [5.41, 5.74) is 0.562. The lowest BCUT2D eigenvalue weighted by Gasteiger charge is -2.17. The van der Waals surface area contributed by atoms with Crippen LogP contribution in [-0.2, 0) is 14.8 Å². The lowest BCUT2D eigenvalue weighted by molar-refractivity contribution is -0.116. The number of likely N-dealkylation sites (N-methyl/N-ethyl adjacent to an activating group) is 1. The highest BCUT2D eigenvalue weighted by Gasteiger charge is 2.24. The first-order chi connectivity index (χ1) is 11.3. The standard InChI is InChI=1S/C16H17BrN2O4S/c1-19(24(21,22)15-6-4-3-5-14(15)17)11-16(20)18-12-7-9-13(23-2)10-8-12/h3-10H,11H2,1-2H3,(H,18,20). The van der Waals surface area contributed by atoms with Crippen LogP contribution in [0.15, 0.2) is 57.9 Å². The summed E-state index contributed by atoms with van der Waals surface area (Å²) in [6.45, 7) is -0.296. The van der Waals surface area contributed by atoms with Crippen molar-refractivity contribution in [2.75, 3.05) is 26.0 Å². The molecule has 0 radical (unpaired) electrons. The van der Waals surface area contributed by atoms with E-state index in [1.165, 1.54) is 13.1 Å². The number of nitrogens with one attached hydrogen (secondary N) is 1. The van der Waals surface area contributed by atoms with Gasteiger partial charge in [0.1, 0.15) is 5.75 Å². The monoisotopic (exact) mass is 412 g/mol. The Morgan fingerprint density at radius 2 is 1.79 bits per heavy atom. The van der Waals surface area contributed by atoms with E-state index >= 15 is 0 Å². The number of rotatable bonds is 6. The fourth-order valence-electron chi connectivity index (χ4n) is 1.98. The minimum atomic E-state index is -3.76. The molecule has 0 aliphatic rings. The highest BCUT2D eigenvalue weighted by atomic mass is 79.9. The predicted octanol–water partition coefficient (Wildman–Crippen LogP) is 2.72. The first-order valence-corrected chi connectivity index (χ1v) is 9.22. The van der Waals surface area contributed by atoms with Crippen LogP contribution < -0.4 is 10.1 Å². The van der Waals surface area contributed by atoms with Crippen molar-refractivity contribution in [3.05, 3.63) is 53.0 Å². The van der Waals surface area contributed by atoms with E-state index < -0.39 is 15.9 Å². The van der Waals surface area contributed by atoms with Crippen LogP contribution in [0.25, 0.3) is 0 Å². The van der Waals surface area contributed by atoms with E-state index in [9.17, 15) is 13.2 Å². The van der Waals surface area contributed by atoms with Crippen molar-refractivity contribution < 1.29 is 17.9 Å². The molecule has 1 N–H and O–H groups in total. The van der Waals surface area contributed by atoms with Gasteiger partial charge in [-0.15, -0.1) is 0 Å². The molecule has 0 saturated heterocycles. The van der Waals surface area contributed by atoms with Gasteiger partial charge in [0, 0.05) is 17.2 Å². The molecule has 0 atom stereocenters. The second-order valence-electron chi connectivity index (χ2n) is 4.97. The fraction of sp³-hybridized carbons (Fsp3) is 0.188. The van der Waals surface area contributed by atoms with E-state index in [0.717, 1.165) is 4.31 Å². The number of hydrogen-bond acceptors (Lipinski definition) is 4. The van der Waals surface area contributed by atoms with Gasteiger partial charge < -0.3 is 10.1 Å². The molecule has 0 heterocycles. The molecule has 24 heavy (non-hydrogen) atoms. The van der Waals surface area contributed by atoms with Gasteiger partial charge in [0.2, 0.25) is 15.9 Å². The van der Waals surface area contributed by atoms with Crippen LogP contribution in [0.1, 0.15) is 0 Å². The average Bonchev–Trinajstić information content (AvgIpc) is 2.55. The number of benzene rings is 2. The third-order valence-corrected chi connectivity index (χ3v) is 6.08. The fourth-order valence-corrected chi connectivity index (χ4v) is 4.07. The van der Waals surface area contributed by atoms with Gasteiger partial charge in [-0.1, -0.05) is 12.1 Å². The highest BCUT2D eigenvalue weighted by molar-refractivity contribution is 9.10. The van der Waals surface area contributed by atoms with Gasteiger partial charge >= 0.3 is 0 Å². The number of ether oxygens (including phenoxy) is 1. The van der Waals surface area contributed by atoms with Crippen LogP contribution in [0.5, 0.6) is 5.75 Å². The zero-order valence-corrected chi connectivity index (χ0v) is 15.6. The summed E-state index contributed by atoms with van der Waals surface area (Å²) >= 11 is 3.22. The minimum Gasteiger partial charge on any atom is -0.497 e. The molecule has 2 rings (SSSR count). The van der Waals surface area contributed by atoms with Gasteiger partial charge in [-0.3, -0.25) is 4.79 Å². The van der Waals surface area contributed by atoms with Crippen LogP contribution in [-0.4, -0.2) is 39.3 Å². The maximum atomic E-state index is 12.5. The molecule has 0 saturated carbocycles. The Bertz CT molecular complexity index is 822. The molecule has 1 amide bonds. The van der Waals surface area contributed by atoms with Crippen molar-refractivity contribution in [1.29, 1.82) is 0 Å². The summed E-state index contributed by atoms with van der Waals surface area (Å²) in [7, 11) is -0.848. The smallest absolute Gasteiger partial charge is 0.244 e. The van der Waals surface area contributed by atoms with E-state index in [1.54, 1.807) is 49.6 Å². The molecule has 0 bridgehead atoms. The highest BCUT2D eigenvalue weighted by Crippen LogP contribution is 2.24. The van der Waals surface area contributed by atoms with Crippen molar-refractivity contribution in [3.8, 4) is 5.75 Å². The van der Waals surface area contributed by atoms with Crippen LogP contribution in [0.2, 0.25) is 0 Å². The summed E-state index contributed by atoms with van der Waals surface area (Å²) in [5.74, 6) is 0.236. The van der Waals surface area contributed by atoms with E-state index in [0.29, 0.717) is 15.9 Å². The molecular weight excluding hydrogens is 396 g/mol. The molecule has 0 spiro atoms. The maximum Gasteiger partial charge on any atom is 0.244 e. The second kappa shape index (κ2) is 7.78. The number of methoxy groups -OCH3 is 1. The molecule has 128 valence electrons. The summed E-state index contributed by atoms with van der Waals surface area (Å²) in [6.07, 6.45) is 0. The number of anilines is 1. The predicted molar refractivity (Wildman–Crippen MR) is 95.6 cm³/mol. The molecule has 0 fully saturated rings. The Labute approximate surface area is 149 Å². The van der Waals surface area contributed by atoms with E-state index in [1.807, 2.05) is 0 Å². The SMILES string of the molecule is COc1ccc(NC(=O)CN(C)S(=O)(=O)c2ccccc2Br)cc1. The number of hydrogen-bond donors (Lipinski definition) is 1. The van der Waals surface area contributed by atoms with E-state index in [-0.39, 0.29) is 11.4 Å². The largest absolute Gasteiger partial charge is 0.497 e. The molecule has 2 aromatic rings. The molecule has 8 heteroatoms. The normalized spacial score (nSPS) is 11.3. The van der Waals surface area contributed by atoms with Crippen molar-refractivity contribution >= 4 is 37.5 Å². The Hall–Kier alpha value is -1.90. The zero-order chi connectivity index (χ0) is 17.7. The summed E-state index contributed by atoms with van der Waals surface area (Å²) in [4.78, 5) is 12.2. The van der Waals surface area contributed by atoms with Gasteiger partial charge in [-0.05, 0) is 52.3 Å². The average molecular weight is 413 g/mol. The lowest BCUT2D eigenvalue weighted by atomic mass is 10.3. The first-order valence-electron chi connectivity index (χ1n) is 6.99. The Morgan fingerprint density at radius 3 is 2.38 bits per heavy atom. The Morgan fingerprint density at radius 1 is 1.17 bits per heavy atom. The van der Waals surface area contributed by atoms with E-state index in [2.05, 4.69) is 21.2 Å². The molecule has 0 aliphatic heterocycles. The zero-order valence-electron chi connectivity index (χ0n) is 13.2. The summed E-state index contributed by atoms with van der Waals surface area (Å²) in [6, 6.07) is 13.2. The van der Waals surface area contributed by atoms with Gasteiger partial charge in [-0.25, -0.2) is 8.42 Å². The Balaban J connectivity index is 2.06. The number of carbonyl (C=O) groups is 1. The molecule has 0 aliphatic carbocycles. The number of amides is 1. The van der Waals surface area contributed by atoms with Gasteiger partial charge in [-0.2, -0.15) is 4.31 Å². The second-order valence-corrected chi connectivity index (χ2v) is 7.84. The minimum absolute atomic E-state index is 0.116. The number of nitrogens with zero attached hydrogens (tertiary/aromatic N) is 1. The molecular formula is C16H17BrN2O4S.